The number of carbonyl (C=O) groups excluding carboxylic acids is 2. The Hall–Kier alpha value is -2.51. The molecule has 1 rings (SSSR count). The van der Waals surface area contributed by atoms with Crippen molar-refractivity contribution in [2.24, 2.45) is 0 Å². The summed E-state index contributed by atoms with van der Waals surface area (Å²) in [4.78, 5) is 23.7. The quantitative estimate of drug-likeness (QED) is 0.323. The van der Waals surface area contributed by atoms with Crippen LogP contribution in [0.15, 0.2) is 29.8 Å². The van der Waals surface area contributed by atoms with E-state index in [-0.39, 0.29) is 36.5 Å². The van der Waals surface area contributed by atoms with E-state index in [4.69, 9.17) is 14.2 Å². The van der Waals surface area contributed by atoms with Crippen molar-refractivity contribution < 1.29 is 37.0 Å². The average Bonchev–Trinajstić information content (AvgIpc) is 2.54. The Morgan fingerprint density at radius 1 is 1.04 bits per heavy atom. The van der Waals surface area contributed by atoms with Crippen molar-refractivity contribution in [3.8, 4) is 5.75 Å². The Labute approximate surface area is 143 Å². The summed E-state index contributed by atoms with van der Waals surface area (Å²) in [5, 5.41) is 0. The molecule has 25 heavy (non-hydrogen) atoms. The van der Waals surface area contributed by atoms with E-state index in [2.05, 4.69) is 0 Å². The number of esters is 2. The number of allylic oxidation sites excluding steroid dienone is 1. The summed E-state index contributed by atoms with van der Waals surface area (Å²) < 4.78 is 53.2. The van der Waals surface area contributed by atoms with E-state index in [9.17, 15) is 22.8 Å². The number of methoxy groups -OCH3 is 1. The lowest BCUT2D eigenvalue weighted by atomic mass is 10.0. The summed E-state index contributed by atoms with van der Waals surface area (Å²) in [6.07, 6.45) is -3.46. The largest absolute Gasteiger partial charge is 0.497 e. The number of hydrogen-bond donors (Lipinski definition) is 0. The van der Waals surface area contributed by atoms with Gasteiger partial charge in [-0.05, 0) is 44.0 Å². The zero-order valence-corrected chi connectivity index (χ0v) is 14.1. The maximum atomic E-state index is 12.9. The van der Waals surface area contributed by atoms with Gasteiger partial charge in [0.2, 0.25) is 0 Å². The smallest absolute Gasteiger partial charge is 0.416 e. The third-order valence-corrected chi connectivity index (χ3v) is 3.06. The first-order valence-corrected chi connectivity index (χ1v) is 7.52. The first-order valence-electron chi connectivity index (χ1n) is 7.52. The third-order valence-electron chi connectivity index (χ3n) is 3.06. The van der Waals surface area contributed by atoms with Crippen LogP contribution >= 0.6 is 0 Å². The number of carbonyl (C=O) groups is 2. The zero-order chi connectivity index (χ0) is 19.0. The molecule has 0 unspecified atom stereocenters. The van der Waals surface area contributed by atoms with Gasteiger partial charge in [-0.1, -0.05) is 6.08 Å². The summed E-state index contributed by atoms with van der Waals surface area (Å²) >= 11 is 0. The van der Waals surface area contributed by atoms with Gasteiger partial charge >= 0.3 is 18.1 Å². The molecule has 0 N–H and O–H groups in total. The number of hydrogen-bond acceptors (Lipinski definition) is 5. The van der Waals surface area contributed by atoms with Gasteiger partial charge in [-0.2, -0.15) is 13.2 Å². The summed E-state index contributed by atoms with van der Waals surface area (Å²) in [5.41, 5.74) is -1.03. The van der Waals surface area contributed by atoms with Gasteiger partial charge in [-0.15, -0.1) is 0 Å². The van der Waals surface area contributed by atoms with Crippen LogP contribution in [0, 0.1) is 0 Å². The van der Waals surface area contributed by atoms with Crippen LogP contribution in [-0.4, -0.2) is 32.3 Å². The maximum absolute atomic E-state index is 12.9. The van der Waals surface area contributed by atoms with E-state index in [1.807, 2.05) is 0 Å². The molecular weight excluding hydrogens is 341 g/mol. The Morgan fingerprint density at radius 3 is 2.04 bits per heavy atom. The van der Waals surface area contributed by atoms with Gasteiger partial charge in [-0.3, -0.25) is 0 Å². The van der Waals surface area contributed by atoms with Gasteiger partial charge in [0.25, 0.3) is 0 Å². The molecule has 1 aromatic rings. The van der Waals surface area contributed by atoms with E-state index < -0.39 is 23.7 Å². The van der Waals surface area contributed by atoms with Crippen molar-refractivity contribution in [2.45, 2.75) is 26.4 Å². The van der Waals surface area contributed by atoms with Crippen LogP contribution in [0.3, 0.4) is 0 Å². The summed E-state index contributed by atoms with van der Waals surface area (Å²) in [7, 11) is 1.25. The lowest BCUT2D eigenvalue weighted by Crippen LogP contribution is -2.18. The standard InChI is InChI=1S/C17H19F3O5/c1-4-24-15(21)14(16(22)25-5-2)7-6-11-8-12(17(18,19)20)10-13(9-11)23-3/h7-10H,4-6H2,1-3H3. The second-order valence-electron chi connectivity index (χ2n) is 4.83. The molecule has 0 atom stereocenters. The van der Waals surface area contributed by atoms with Gasteiger partial charge < -0.3 is 14.2 Å². The highest BCUT2D eigenvalue weighted by Gasteiger charge is 2.31. The van der Waals surface area contributed by atoms with Crippen molar-refractivity contribution in [2.75, 3.05) is 20.3 Å². The highest BCUT2D eigenvalue weighted by atomic mass is 19.4. The first kappa shape index (κ1) is 20.5. The fraction of sp³-hybridized carbons (Fsp3) is 0.412. The average molecular weight is 360 g/mol. The number of alkyl halides is 3. The Morgan fingerprint density at radius 2 is 1.60 bits per heavy atom. The monoisotopic (exact) mass is 360 g/mol. The topological polar surface area (TPSA) is 61.8 Å². The van der Waals surface area contributed by atoms with Crippen LogP contribution < -0.4 is 4.74 Å². The normalized spacial score (nSPS) is 10.8. The van der Waals surface area contributed by atoms with E-state index in [1.54, 1.807) is 13.8 Å². The maximum Gasteiger partial charge on any atom is 0.416 e. The highest BCUT2D eigenvalue weighted by molar-refractivity contribution is 6.14. The first-order chi connectivity index (χ1) is 11.7. The number of benzene rings is 1. The van der Waals surface area contributed by atoms with E-state index >= 15 is 0 Å². The number of halogens is 3. The molecule has 0 amide bonds. The SMILES string of the molecule is CCOC(=O)C(=CCc1cc(OC)cc(C(F)(F)F)c1)C(=O)OCC. The van der Waals surface area contributed by atoms with E-state index in [0.717, 1.165) is 12.1 Å². The second-order valence-corrected chi connectivity index (χ2v) is 4.83. The molecular formula is C17H19F3O5. The molecule has 138 valence electrons. The molecule has 0 spiro atoms. The molecule has 1 aromatic carbocycles. The Kier molecular flexibility index (Phi) is 7.47. The van der Waals surface area contributed by atoms with Gasteiger partial charge in [0.1, 0.15) is 11.3 Å². The van der Waals surface area contributed by atoms with Crippen LogP contribution in [0.5, 0.6) is 5.75 Å². The lowest BCUT2D eigenvalue weighted by Gasteiger charge is -2.11. The predicted molar refractivity (Wildman–Crippen MR) is 83.0 cm³/mol. The summed E-state index contributed by atoms with van der Waals surface area (Å²) in [6.45, 7) is 3.23. The van der Waals surface area contributed by atoms with Crippen LogP contribution in [0.1, 0.15) is 25.0 Å². The van der Waals surface area contributed by atoms with Crippen LogP contribution in [-0.2, 0) is 31.7 Å². The molecule has 0 aliphatic rings. The Balaban J connectivity index is 3.17. The molecule has 0 aromatic heterocycles. The molecule has 0 radical (unpaired) electrons. The number of rotatable bonds is 7. The fourth-order valence-corrected chi connectivity index (χ4v) is 1.95. The Bertz CT molecular complexity index is 630. The van der Waals surface area contributed by atoms with E-state index in [1.165, 1.54) is 19.3 Å². The van der Waals surface area contributed by atoms with Crippen LogP contribution in [0.4, 0.5) is 13.2 Å². The fourth-order valence-electron chi connectivity index (χ4n) is 1.95. The second kappa shape index (κ2) is 9.10. The van der Waals surface area contributed by atoms with Gasteiger partial charge in [-0.25, -0.2) is 9.59 Å². The molecule has 0 bridgehead atoms. The van der Waals surface area contributed by atoms with Crippen LogP contribution in [0.25, 0.3) is 0 Å². The van der Waals surface area contributed by atoms with Gasteiger partial charge in [0, 0.05) is 0 Å². The lowest BCUT2D eigenvalue weighted by molar-refractivity contribution is -0.146. The van der Waals surface area contributed by atoms with Crippen LogP contribution in [0.2, 0.25) is 0 Å². The molecule has 0 aliphatic heterocycles. The predicted octanol–water partition coefficient (Wildman–Crippen LogP) is 3.31. The minimum Gasteiger partial charge on any atom is -0.497 e. The van der Waals surface area contributed by atoms with Crippen molar-refractivity contribution >= 4 is 11.9 Å². The highest BCUT2D eigenvalue weighted by Crippen LogP contribution is 2.32. The van der Waals surface area contributed by atoms with Crippen molar-refractivity contribution in [3.05, 3.63) is 41.0 Å². The molecule has 0 saturated heterocycles. The summed E-state index contributed by atoms with van der Waals surface area (Å²) in [6, 6.07) is 3.18. The molecule has 0 heterocycles. The van der Waals surface area contributed by atoms with E-state index in [0.29, 0.717) is 0 Å². The molecule has 5 nitrogen and oxygen atoms in total. The zero-order valence-electron chi connectivity index (χ0n) is 14.1. The molecule has 0 fully saturated rings. The minimum atomic E-state index is -4.54. The van der Waals surface area contributed by atoms with Gasteiger partial charge in [0.05, 0.1) is 25.9 Å². The molecule has 8 heteroatoms. The minimum absolute atomic E-state index is 0.0204. The molecule has 0 aliphatic carbocycles. The van der Waals surface area contributed by atoms with Crippen molar-refractivity contribution in [1.82, 2.24) is 0 Å². The van der Waals surface area contributed by atoms with Crippen molar-refractivity contribution in [1.29, 1.82) is 0 Å². The summed E-state index contributed by atoms with van der Waals surface area (Å²) in [5.74, 6) is -1.76. The van der Waals surface area contributed by atoms with Crippen molar-refractivity contribution in [3.63, 3.8) is 0 Å². The molecule has 0 saturated carbocycles. The van der Waals surface area contributed by atoms with Gasteiger partial charge in [0.15, 0.2) is 0 Å². The number of ether oxygens (including phenoxy) is 3. The third kappa shape index (κ3) is 6.13.